The molecular formula is C22H23F3N5O2P. The van der Waals surface area contributed by atoms with Gasteiger partial charge in [-0.05, 0) is 45.1 Å². The van der Waals surface area contributed by atoms with Crippen LogP contribution in [0.5, 0.6) is 0 Å². The summed E-state index contributed by atoms with van der Waals surface area (Å²) in [7, 11) is -2.92. The van der Waals surface area contributed by atoms with Crippen molar-refractivity contribution in [3.8, 4) is 17.3 Å². The number of alkyl halides is 3. The summed E-state index contributed by atoms with van der Waals surface area (Å²) in [6.45, 7) is 3.02. The predicted molar refractivity (Wildman–Crippen MR) is 120 cm³/mol. The fraction of sp³-hybridized carbons (Fsp3) is 0.409. The fourth-order valence-corrected chi connectivity index (χ4v) is 5.80. The van der Waals surface area contributed by atoms with Crippen molar-refractivity contribution in [3.05, 3.63) is 35.7 Å². The average molecular weight is 477 g/mol. The maximum Gasteiger partial charge on any atom is 0.419 e. The molecule has 0 saturated heterocycles. The van der Waals surface area contributed by atoms with Crippen LogP contribution >= 0.6 is 7.14 Å². The van der Waals surface area contributed by atoms with E-state index in [1.807, 2.05) is 6.07 Å². The third kappa shape index (κ3) is 4.61. The van der Waals surface area contributed by atoms with Crippen LogP contribution in [0.15, 0.2) is 24.5 Å². The van der Waals surface area contributed by atoms with Crippen LogP contribution < -0.4 is 10.6 Å². The number of aromatic nitrogens is 3. The number of fused-ring (bicyclic) bond motifs is 1. The molecule has 0 aliphatic heterocycles. The lowest BCUT2D eigenvalue weighted by molar-refractivity contribution is -0.137. The molecule has 0 bridgehead atoms. The lowest BCUT2D eigenvalue weighted by Crippen LogP contribution is -2.30. The number of H-pyrrole nitrogens is 1. The van der Waals surface area contributed by atoms with E-state index in [-0.39, 0.29) is 28.8 Å². The van der Waals surface area contributed by atoms with Crippen LogP contribution in [0.1, 0.15) is 36.8 Å². The van der Waals surface area contributed by atoms with E-state index in [0.29, 0.717) is 29.0 Å². The predicted octanol–water partition coefficient (Wildman–Crippen LogP) is 4.48. The molecule has 1 fully saturated rings. The number of anilines is 1. The van der Waals surface area contributed by atoms with Crippen LogP contribution in [0.2, 0.25) is 0 Å². The van der Waals surface area contributed by atoms with Crippen LogP contribution in [-0.2, 0) is 10.7 Å². The summed E-state index contributed by atoms with van der Waals surface area (Å²) in [4.78, 5) is 11.0. The van der Waals surface area contributed by atoms with Crippen LogP contribution in [0.3, 0.4) is 0 Å². The molecule has 7 nitrogen and oxygen atoms in total. The SMILES string of the molecule is CP(C)(=O)c1c(C#N)ccc2c(-c3nc(N[C@H]4CCC[C@H](O)C4)ncc3C(F)(F)F)c[nH]c12. The van der Waals surface area contributed by atoms with Gasteiger partial charge in [-0.2, -0.15) is 18.4 Å². The maximum atomic E-state index is 13.8. The van der Waals surface area contributed by atoms with Crippen molar-refractivity contribution in [2.75, 3.05) is 18.6 Å². The Morgan fingerprint density at radius 1 is 1.30 bits per heavy atom. The highest BCUT2D eigenvalue weighted by Gasteiger charge is 2.36. The van der Waals surface area contributed by atoms with Gasteiger partial charge >= 0.3 is 6.18 Å². The van der Waals surface area contributed by atoms with Gasteiger partial charge in [0.2, 0.25) is 5.95 Å². The minimum Gasteiger partial charge on any atom is -0.393 e. The molecule has 0 unspecified atom stereocenters. The molecule has 4 rings (SSSR count). The normalized spacial score (nSPS) is 19.4. The molecule has 1 saturated carbocycles. The maximum absolute atomic E-state index is 13.8. The molecule has 0 spiro atoms. The van der Waals surface area contributed by atoms with Crippen molar-refractivity contribution in [2.24, 2.45) is 0 Å². The van der Waals surface area contributed by atoms with Gasteiger partial charge in [-0.15, -0.1) is 0 Å². The van der Waals surface area contributed by atoms with Crippen molar-refractivity contribution in [1.29, 1.82) is 5.26 Å². The zero-order valence-electron chi connectivity index (χ0n) is 18.1. The molecule has 2 heterocycles. The first-order valence-electron chi connectivity index (χ1n) is 10.5. The Hall–Kier alpha value is -2.89. The molecule has 174 valence electrons. The quantitative estimate of drug-likeness (QED) is 0.478. The lowest BCUT2D eigenvalue weighted by atomic mass is 9.93. The Balaban J connectivity index is 1.87. The summed E-state index contributed by atoms with van der Waals surface area (Å²) in [6.07, 6.45) is -0.314. The minimum absolute atomic E-state index is 0.0389. The number of hydrogen-bond acceptors (Lipinski definition) is 6. The Bertz CT molecular complexity index is 1290. The molecule has 1 aromatic carbocycles. The zero-order valence-corrected chi connectivity index (χ0v) is 19.0. The number of aliphatic hydroxyl groups excluding tert-OH is 1. The van der Waals surface area contributed by atoms with Gasteiger partial charge in [0.25, 0.3) is 0 Å². The minimum atomic E-state index is -4.70. The second-order valence-electron chi connectivity index (χ2n) is 8.66. The van der Waals surface area contributed by atoms with Gasteiger partial charge in [0, 0.05) is 29.4 Å². The molecule has 1 aliphatic carbocycles. The van der Waals surface area contributed by atoms with Crippen LogP contribution in [-0.4, -0.2) is 45.5 Å². The molecule has 0 radical (unpaired) electrons. The molecule has 2 aromatic heterocycles. The van der Waals surface area contributed by atoms with Gasteiger partial charge < -0.3 is 20.0 Å². The number of nitrogens with zero attached hydrogens (tertiary/aromatic N) is 3. The molecular weight excluding hydrogens is 454 g/mol. The topological polar surface area (TPSA) is 115 Å². The van der Waals surface area contributed by atoms with Gasteiger partial charge in [-0.1, -0.05) is 6.07 Å². The summed E-state index contributed by atoms with van der Waals surface area (Å²) >= 11 is 0. The Kier molecular flexibility index (Phi) is 5.97. The van der Waals surface area contributed by atoms with Crippen LogP contribution in [0.25, 0.3) is 22.2 Å². The number of aromatic amines is 1. The Labute approximate surface area is 188 Å². The lowest BCUT2D eigenvalue weighted by Gasteiger charge is -2.26. The summed E-state index contributed by atoms with van der Waals surface area (Å²) < 4.78 is 54.4. The number of benzene rings is 1. The van der Waals surface area contributed by atoms with E-state index in [1.54, 1.807) is 0 Å². The zero-order chi connectivity index (χ0) is 24.0. The number of rotatable bonds is 4. The largest absolute Gasteiger partial charge is 0.419 e. The number of aliphatic hydroxyl groups is 1. The first kappa shape index (κ1) is 23.3. The number of nitrogens with one attached hydrogen (secondary N) is 2. The van der Waals surface area contributed by atoms with E-state index in [4.69, 9.17) is 0 Å². The monoisotopic (exact) mass is 477 g/mol. The summed E-state index contributed by atoms with van der Waals surface area (Å²) in [5.74, 6) is 0.0389. The molecule has 2 atom stereocenters. The summed E-state index contributed by atoms with van der Waals surface area (Å²) in [6, 6.07) is 4.86. The third-order valence-electron chi connectivity index (χ3n) is 5.82. The smallest absolute Gasteiger partial charge is 0.393 e. The van der Waals surface area contributed by atoms with E-state index in [1.165, 1.54) is 31.7 Å². The Morgan fingerprint density at radius 3 is 2.70 bits per heavy atom. The second kappa shape index (κ2) is 8.47. The fourth-order valence-electron chi connectivity index (χ4n) is 4.37. The van der Waals surface area contributed by atoms with E-state index in [2.05, 4.69) is 20.3 Å². The molecule has 33 heavy (non-hydrogen) atoms. The van der Waals surface area contributed by atoms with E-state index >= 15 is 0 Å². The van der Waals surface area contributed by atoms with Crippen molar-refractivity contribution in [2.45, 2.75) is 44.0 Å². The molecule has 11 heteroatoms. The van der Waals surface area contributed by atoms with E-state index in [9.17, 15) is 28.1 Å². The van der Waals surface area contributed by atoms with Gasteiger partial charge in [-0.3, -0.25) is 0 Å². The van der Waals surface area contributed by atoms with Gasteiger partial charge in [0.15, 0.2) is 0 Å². The van der Waals surface area contributed by atoms with Crippen molar-refractivity contribution in [1.82, 2.24) is 15.0 Å². The highest BCUT2D eigenvalue weighted by molar-refractivity contribution is 7.70. The highest BCUT2D eigenvalue weighted by Crippen LogP contribution is 2.43. The molecule has 3 aromatic rings. The van der Waals surface area contributed by atoms with E-state index < -0.39 is 25.0 Å². The van der Waals surface area contributed by atoms with Gasteiger partial charge in [-0.25, -0.2) is 9.97 Å². The van der Waals surface area contributed by atoms with E-state index in [0.717, 1.165) is 19.0 Å². The highest BCUT2D eigenvalue weighted by atomic mass is 31.2. The summed E-state index contributed by atoms with van der Waals surface area (Å²) in [5.41, 5.74) is -0.583. The molecule has 1 aliphatic rings. The Morgan fingerprint density at radius 2 is 2.06 bits per heavy atom. The average Bonchev–Trinajstić information content (AvgIpc) is 3.15. The number of nitriles is 1. The van der Waals surface area contributed by atoms with Gasteiger partial charge in [0.1, 0.15) is 12.7 Å². The summed E-state index contributed by atoms with van der Waals surface area (Å²) in [5, 5.41) is 23.1. The second-order valence-corrected chi connectivity index (χ2v) is 11.8. The molecule has 0 amide bonds. The van der Waals surface area contributed by atoms with Crippen LogP contribution in [0, 0.1) is 11.3 Å². The molecule has 3 N–H and O–H groups in total. The standard InChI is InChI=1S/C22H23F3N5O2P/c1-33(2,32)20-12(9-26)6-7-15-16(10-27-19(15)20)18-17(22(23,24)25)11-28-21(30-18)29-13-4-3-5-14(31)8-13/h6-7,10-11,13-14,27,31H,3-5,8H2,1-2H3,(H,28,29,30)/t13-,14-/m0/s1. The first-order valence-corrected chi connectivity index (χ1v) is 13.1. The number of halogens is 3. The van der Waals surface area contributed by atoms with Crippen molar-refractivity contribution < 1.29 is 22.8 Å². The number of hydrogen-bond donors (Lipinski definition) is 3. The van der Waals surface area contributed by atoms with Gasteiger partial charge in [0.05, 0.1) is 34.3 Å². The van der Waals surface area contributed by atoms with Crippen LogP contribution in [0.4, 0.5) is 19.1 Å². The first-order chi connectivity index (χ1) is 15.5. The van der Waals surface area contributed by atoms with Crippen molar-refractivity contribution >= 4 is 29.3 Å². The third-order valence-corrected chi connectivity index (χ3v) is 7.36. The van der Waals surface area contributed by atoms with Crippen molar-refractivity contribution in [3.63, 3.8) is 0 Å².